The molecule has 0 aliphatic rings. The number of carbonyl (C=O) groups excluding carboxylic acids is 2. The van der Waals surface area contributed by atoms with Crippen molar-refractivity contribution in [3.63, 3.8) is 0 Å². The molecule has 0 aromatic heterocycles. The molecule has 23 heavy (non-hydrogen) atoms. The smallest absolute Gasteiger partial charge is 0.310 e. The maximum absolute atomic E-state index is 11.8. The molecule has 2 rings (SSSR count). The Labute approximate surface area is 148 Å². The van der Waals surface area contributed by atoms with Gasteiger partial charge >= 0.3 is 5.97 Å². The van der Waals surface area contributed by atoms with Gasteiger partial charge in [0, 0.05) is 15.6 Å². The highest BCUT2D eigenvalue weighted by molar-refractivity contribution is 6.36. The Morgan fingerprint density at radius 2 is 1.52 bits per heavy atom. The van der Waals surface area contributed by atoms with Gasteiger partial charge in [0.1, 0.15) is 0 Å². The number of halogens is 3. The maximum atomic E-state index is 11.8. The normalized spacial score (nSPS) is 10.2. The van der Waals surface area contributed by atoms with Crippen molar-refractivity contribution in [1.29, 1.82) is 0 Å². The van der Waals surface area contributed by atoms with Crippen LogP contribution in [0.5, 0.6) is 0 Å². The first kappa shape index (κ1) is 17.6. The molecule has 0 fully saturated rings. The highest BCUT2D eigenvalue weighted by Crippen LogP contribution is 2.25. The van der Waals surface area contributed by atoms with Crippen molar-refractivity contribution in [2.45, 2.75) is 6.42 Å². The Morgan fingerprint density at radius 1 is 0.913 bits per heavy atom. The second-order valence-corrected chi connectivity index (χ2v) is 5.79. The van der Waals surface area contributed by atoms with E-state index >= 15 is 0 Å². The third kappa shape index (κ3) is 5.13. The van der Waals surface area contributed by atoms with E-state index in [-0.39, 0.29) is 6.42 Å². The third-order valence-electron chi connectivity index (χ3n) is 2.89. The first-order valence-corrected chi connectivity index (χ1v) is 7.73. The van der Waals surface area contributed by atoms with Crippen LogP contribution >= 0.6 is 34.8 Å². The van der Waals surface area contributed by atoms with E-state index in [9.17, 15) is 9.59 Å². The van der Waals surface area contributed by atoms with Gasteiger partial charge in [-0.15, -0.1) is 0 Å². The second-order valence-electron chi connectivity index (χ2n) is 4.57. The summed E-state index contributed by atoms with van der Waals surface area (Å²) >= 11 is 17.9. The van der Waals surface area contributed by atoms with Crippen LogP contribution in [0.4, 0.5) is 5.69 Å². The number of hydrogen-bond donors (Lipinski definition) is 1. The number of para-hydroxylation sites is 1. The van der Waals surface area contributed by atoms with Gasteiger partial charge in [-0.3, -0.25) is 9.59 Å². The first-order chi connectivity index (χ1) is 11.0. The number of anilines is 1. The van der Waals surface area contributed by atoms with Gasteiger partial charge in [0.25, 0.3) is 5.91 Å². The molecule has 0 radical (unpaired) electrons. The number of rotatable bonds is 5. The van der Waals surface area contributed by atoms with Gasteiger partial charge in [-0.2, -0.15) is 0 Å². The van der Waals surface area contributed by atoms with Gasteiger partial charge in [-0.1, -0.05) is 53.0 Å². The van der Waals surface area contributed by atoms with Crippen LogP contribution in [-0.2, 0) is 20.7 Å². The number of ether oxygens (including phenoxy) is 1. The molecule has 0 saturated heterocycles. The summed E-state index contributed by atoms with van der Waals surface area (Å²) in [6.07, 6.45) is -0.113. The monoisotopic (exact) mass is 371 g/mol. The molecule has 4 nitrogen and oxygen atoms in total. The molecule has 0 atom stereocenters. The van der Waals surface area contributed by atoms with Crippen LogP contribution in [0, 0.1) is 0 Å². The van der Waals surface area contributed by atoms with E-state index < -0.39 is 18.5 Å². The largest absolute Gasteiger partial charge is 0.455 e. The maximum Gasteiger partial charge on any atom is 0.310 e. The second kappa shape index (κ2) is 8.20. The van der Waals surface area contributed by atoms with Crippen molar-refractivity contribution >= 4 is 52.4 Å². The van der Waals surface area contributed by atoms with Crippen molar-refractivity contribution in [2.24, 2.45) is 0 Å². The SMILES string of the molecule is O=C(COC(=O)Cc1c(Cl)cccc1Cl)Nc1ccccc1Cl. The van der Waals surface area contributed by atoms with E-state index in [4.69, 9.17) is 39.5 Å². The molecular formula is C16H12Cl3NO3. The lowest BCUT2D eigenvalue weighted by atomic mass is 10.1. The molecule has 2 aromatic rings. The molecule has 2 aromatic carbocycles. The first-order valence-electron chi connectivity index (χ1n) is 6.60. The lowest BCUT2D eigenvalue weighted by Crippen LogP contribution is -2.21. The van der Waals surface area contributed by atoms with Crippen LogP contribution in [0.2, 0.25) is 15.1 Å². The van der Waals surface area contributed by atoms with Gasteiger partial charge in [0.15, 0.2) is 6.61 Å². The standard InChI is InChI=1S/C16H12Cl3NO3/c17-11-5-3-6-12(18)10(11)8-16(22)23-9-15(21)20-14-7-2-1-4-13(14)19/h1-7H,8-9H2,(H,20,21). The Bertz CT molecular complexity index is 714. The minimum atomic E-state index is -0.602. The number of benzene rings is 2. The summed E-state index contributed by atoms with van der Waals surface area (Å²) in [6.45, 7) is -0.424. The van der Waals surface area contributed by atoms with Crippen LogP contribution in [0.15, 0.2) is 42.5 Å². The van der Waals surface area contributed by atoms with Crippen LogP contribution in [0.3, 0.4) is 0 Å². The average molecular weight is 373 g/mol. The number of amides is 1. The fourth-order valence-electron chi connectivity index (χ4n) is 1.79. The molecule has 0 unspecified atom stereocenters. The Hall–Kier alpha value is -1.75. The quantitative estimate of drug-likeness (QED) is 0.793. The van der Waals surface area contributed by atoms with E-state index in [1.165, 1.54) is 0 Å². The lowest BCUT2D eigenvalue weighted by Gasteiger charge is -2.09. The number of carbonyl (C=O) groups is 2. The predicted molar refractivity (Wildman–Crippen MR) is 91.2 cm³/mol. The molecular weight excluding hydrogens is 361 g/mol. The third-order valence-corrected chi connectivity index (χ3v) is 3.93. The molecule has 0 aliphatic heterocycles. The molecule has 0 heterocycles. The van der Waals surface area contributed by atoms with E-state index in [2.05, 4.69) is 5.32 Å². The minimum Gasteiger partial charge on any atom is -0.455 e. The predicted octanol–water partition coefficient (Wildman–Crippen LogP) is 4.37. The Kier molecular flexibility index (Phi) is 6.28. The number of esters is 1. The summed E-state index contributed by atoms with van der Waals surface area (Å²) in [7, 11) is 0. The van der Waals surface area contributed by atoms with Gasteiger partial charge in [0.2, 0.25) is 0 Å². The summed E-state index contributed by atoms with van der Waals surface area (Å²) < 4.78 is 4.92. The van der Waals surface area contributed by atoms with Crippen molar-refractivity contribution in [3.05, 3.63) is 63.1 Å². The highest BCUT2D eigenvalue weighted by Gasteiger charge is 2.14. The van der Waals surface area contributed by atoms with Gasteiger partial charge in [0.05, 0.1) is 17.1 Å². The summed E-state index contributed by atoms with van der Waals surface area (Å²) in [5.41, 5.74) is 0.914. The topological polar surface area (TPSA) is 55.4 Å². The summed E-state index contributed by atoms with van der Waals surface area (Å²) in [5.74, 6) is -1.09. The minimum absolute atomic E-state index is 0.113. The van der Waals surface area contributed by atoms with E-state index in [1.807, 2.05) is 0 Å². The fraction of sp³-hybridized carbons (Fsp3) is 0.125. The molecule has 1 N–H and O–H groups in total. The number of nitrogens with one attached hydrogen (secondary N) is 1. The van der Waals surface area contributed by atoms with E-state index in [0.29, 0.717) is 26.3 Å². The molecule has 0 aliphatic carbocycles. The molecule has 120 valence electrons. The van der Waals surface area contributed by atoms with Crippen molar-refractivity contribution in [2.75, 3.05) is 11.9 Å². The lowest BCUT2D eigenvalue weighted by molar-refractivity contribution is -0.146. The molecule has 0 bridgehead atoms. The average Bonchev–Trinajstić information content (AvgIpc) is 2.51. The van der Waals surface area contributed by atoms with Crippen molar-refractivity contribution in [1.82, 2.24) is 0 Å². The molecule has 7 heteroatoms. The van der Waals surface area contributed by atoms with Crippen molar-refractivity contribution in [3.8, 4) is 0 Å². The molecule has 0 saturated carbocycles. The van der Waals surface area contributed by atoms with E-state index in [0.717, 1.165) is 0 Å². The zero-order valence-electron chi connectivity index (χ0n) is 11.8. The van der Waals surface area contributed by atoms with Crippen LogP contribution in [-0.4, -0.2) is 18.5 Å². The van der Waals surface area contributed by atoms with Crippen molar-refractivity contribution < 1.29 is 14.3 Å². The van der Waals surface area contributed by atoms with Gasteiger partial charge < -0.3 is 10.1 Å². The van der Waals surface area contributed by atoms with Gasteiger partial charge in [-0.05, 0) is 24.3 Å². The highest BCUT2D eigenvalue weighted by atomic mass is 35.5. The fourth-order valence-corrected chi connectivity index (χ4v) is 2.51. The zero-order valence-corrected chi connectivity index (χ0v) is 14.1. The molecule has 1 amide bonds. The van der Waals surface area contributed by atoms with Gasteiger partial charge in [-0.25, -0.2) is 0 Å². The summed E-state index contributed by atoms with van der Waals surface area (Å²) in [5, 5.41) is 3.69. The van der Waals surface area contributed by atoms with Crippen LogP contribution < -0.4 is 5.32 Å². The number of hydrogen-bond acceptors (Lipinski definition) is 3. The molecule has 0 spiro atoms. The Morgan fingerprint density at radius 3 is 2.17 bits per heavy atom. The summed E-state index contributed by atoms with van der Waals surface area (Å²) in [4.78, 5) is 23.6. The van der Waals surface area contributed by atoms with E-state index in [1.54, 1.807) is 42.5 Å². The van der Waals surface area contributed by atoms with Crippen LogP contribution in [0.25, 0.3) is 0 Å². The Balaban J connectivity index is 1.87. The summed E-state index contributed by atoms with van der Waals surface area (Å²) in [6, 6.07) is 11.7. The van der Waals surface area contributed by atoms with Crippen LogP contribution in [0.1, 0.15) is 5.56 Å². The zero-order chi connectivity index (χ0) is 16.8.